The molecule has 3 nitrogen and oxygen atoms in total. The minimum absolute atomic E-state index is 0.342. The molecule has 0 bridgehead atoms. The first kappa shape index (κ1) is 10.4. The molecule has 1 saturated heterocycles. The van der Waals surface area contributed by atoms with Crippen LogP contribution >= 0.6 is 0 Å². The van der Waals surface area contributed by atoms with Gasteiger partial charge in [0.05, 0.1) is 6.04 Å². The van der Waals surface area contributed by atoms with E-state index in [1.807, 2.05) is 18.2 Å². The van der Waals surface area contributed by atoms with E-state index < -0.39 is 0 Å². The normalized spacial score (nSPS) is 22.5. The van der Waals surface area contributed by atoms with E-state index in [4.69, 9.17) is 0 Å². The van der Waals surface area contributed by atoms with Gasteiger partial charge in [0.15, 0.2) is 0 Å². The van der Waals surface area contributed by atoms with Gasteiger partial charge in [-0.2, -0.15) is 0 Å². The second-order valence-electron chi connectivity index (χ2n) is 4.30. The van der Waals surface area contributed by atoms with Gasteiger partial charge in [0.25, 0.3) is 0 Å². The quantitative estimate of drug-likeness (QED) is 0.668. The minimum Gasteiger partial charge on any atom is -0.359 e. The second-order valence-corrected chi connectivity index (χ2v) is 4.30. The first-order chi connectivity index (χ1) is 8.43. The highest BCUT2D eigenvalue weighted by molar-refractivity contribution is 5.31. The number of nitrogens with one attached hydrogen (secondary N) is 1. The van der Waals surface area contributed by atoms with Crippen molar-refractivity contribution >= 4 is 0 Å². The van der Waals surface area contributed by atoms with Crippen LogP contribution in [0.15, 0.2) is 36.2 Å². The molecule has 86 valence electrons. The number of pyridine rings is 1. The van der Waals surface area contributed by atoms with Crippen molar-refractivity contribution in [2.24, 2.45) is 0 Å². The number of rotatable bonds is 0. The van der Waals surface area contributed by atoms with Crippen LogP contribution in [0.2, 0.25) is 0 Å². The van der Waals surface area contributed by atoms with Gasteiger partial charge >= 0.3 is 0 Å². The first-order valence-electron chi connectivity index (χ1n) is 6.02. The van der Waals surface area contributed by atoms with E-state index in [0.29, 0.717) is 6.04 Å². The fourth-order valence-electron chi connectivity index (χ4n) is 2.31. The molecule has 1 aromatic heterocycles. The highest BCUT2D eigenvalue weighted by Gasteiger charge is 2.25. The number of hydrogen-bond acceptors (Lipinski definition) is 3. The van der Waals surface area contributed by atoms with Crippen molar-refractivity contribution in [1.29, 1.82) is 0 Å². The molecule has 0 amide bonds. The smallest absolute Gasteiger partial charge is 0.113 e. The number of fused-ring (bicyclic) bond motifs is 1. The maximum atomic E-state index is 4.22. The van der Waals surface area contributed by atoms with Gasteiger partial charge in [0.1, 0.15) is 5.69 Å². The SMILES string of the molecule is C(#C[C@H]1CC=C2CNCCN21)c1ccccn1. The summed E-state index contributed by atoms with van der Waals surface area (Å²) in [6, 6.07) is 6.18. The van der Waals surface area contributed by atoms with Gasteiger partial charge in [-0.3, -0.25) is 0 Å². The molecule has 2 aliphatic heterocycles. The zero-order valence-electron chi connectivity index (χ0n) is 9.69. The van der Waals surface area contributed by atoms with Crippen molar-refractivity contribution in [3.63, 3.8) is 0 Å². The van der Waals surface area contributed by atoms with Crippen molar-refractivity contribution in [3.8, 4) is 11.8 Å². The van der Waals surface area contributed by atoms with Crippen LogP contribution in [0.3, 0.4) is 0 Å². The average Bonchev–Trinajstić information content (AvgIpc) is 2.81. The fourth-order valence-corrected chi connectivity index (χ4v) is 2.31. The standard InChI is InChI=1S/C14H15N3/c1-2-8-16-12(3-1)4-5-13-6-7-14-11-15-9-10-17(13)14/h1-3,7-8,13,15H,6,9-11H2/t13-/m0/s1. The number of piperazine rings is 1. The Hall–Kier alpha value is -1.79. The van der Waals surface area contributed by atoms with E-state index in [9.17, 15) is 0 Å². The molecule has 2 aliphatic rings. The van der Waals surface area contributed by atoms with Crippen LogP contribution in [0.25, 0.3) is 0 Å². The lowest BCUT2D eigenvalue weighted by Gasteiger charge is -2.31. The molecule has 3 rings (SSSR count). The Morgan fingerprint density at radius 3 is 3.29 bits per heavy atom. The Bertz CT molecular complexity index is 481. The summed E-state index contributed by atoms with van der Waals surface area (Å²) in [5, 5.41) is 3.38. The molecule has 0 radical (unpaired) electrons. The molecule has 3 heteroatoms. The van der Waals surface area contributed by atoms with Crippen LogP contribution in [0.5, 0.6) is 0 Å². The van der Waals surface area contributed by atoms with Gasteiger partial charge in [0.2, 0.25) is 0 Å². The molecule has 1 fully saturated rings. The number of hydrogen-bond donors (Lipinski definition) is 1. The summed E-state index contributed by atoms with van der Waals surface area (Å²) in [6.45, 7) is 3.11. The molecule has 3 heterocycles. The van der Waals surface area contributed by atoms with E-state index in [1.54, 1.807) is 6.20 Å². The Balaban J connectivity index is 1.73. The summed E-state index contributed by atoms with van der Waals surface area (Å²) in [5.74, 6) is 6.49. The van der Waals surface area contributed by atoms with Crippen molar-refractivity contribution in [1.82, 2.24) is 15.2 Å². The van der Waals surface area contributed by atoms with Crippen LogP contribution in [-0.4, -0.2) is 35.6 Å². The van der Waals surface area contributed by atoms with Gasteiger partial charge in [-0.1, -0.05) is 18.1 Å². The van der Waals surface area contributed by atoms with Crippen LogP contribution in [0.1, 0.15) is 12.1 Å². The number of nitrogens with zero attached hydrogens (tertiary/aromatic N) is 2. The minimum atomic E-state index is 0.342. The molecule has 1 N–H and O–H groups in total. The van der Waals surface area contributed by atoms with Crippen LogP contribution in [0.4, 0.5) is 0 Å². The lowest BCUT2D eigenvalue weighted by Crippen LogP contribution is -2.43. The van der Waals surface area contributed by atoms with E-state index in [2.05, 4.69) is 33.1 Å². The molecule has 0 spiro atoms. The van der Waals surface area contributed by atoms with Crippen molar-refractivity contribution < 1.29 is 0 Å². The van der Waals surface area contributed by atoms with Crippen molar-refractivity contribution in [2.45, 2.75) is 12.5 Å². The van der Waals surface area contributed by atoms with Crippen LogP contribution in [-0.2, 0) is 0 Å². The maximum Gasteiger partial charge on any atom is 0.113 e. The topological polar surface area (TPSA) is 28.2 Å². The molecule has 0 saturated carbocycles. The van der Waals surface area contributed by atoms with E-state index >= 15 is 0 Å². The molecular formula is C14H15N3. The Kier molecular flexibility index (Phi) is 2.81. The summed E-state index contributed by atoms with van der Waals surface area (Å²) in [6.07, 6.45) is 5.12. The highest BCUT2D eigenvalue weighted by atomic mass is 15.2. The maximum absolute atomic E-state index is 4.22. The van der Waals surface area contributed by atoms with Crippen molar-refractivity contribution in [3.05, 3.63) is 41.9 Å². The number of aromatic nitrogens is 1. The van der Waals surface area contributed by atoms with Gasteiger partial charge in [0, 0.05) is 31.5 Å². The van der Waals surface area contributed by atoms with Gasteiger partial charge in [-0.15, -0.1) is 0 Å². The zero-order chi connectivity index (χ0) is 11.5. The van der Waals surface area contributed by atoms with Gasteiger partial charge in [-0.25, -0.2) is 4.98 Å². The Morgan fingerprint density at radius 1 is 1.41 bits per heavy atom. The molecule has 0 aliphatic carbocycles. The predicted molar refractivity (Wildman–Crippen MR) is 67.2 cm³/mol. The summed E-state index contributed by atoms with van der Waals surface area (Å²) >= 11 is 0. The van der Waals surface area contributed by atoms with Gasteiger partial charge < -0.3 is 10.2 Å². The zero-order valence-corrected chi connectivity index (χ0v) is 9.69. The van der Waals surface area contributed by atoms with Crippen molar-refractivity contribution in [2.75, 3.05) is 19.6 Å². The summed E-state index contributed by atoms with van der Waals surface area (Å²) in [4.78, 5) is 6.63. The van der Waals surface area contributed by atoms with E-state index in [1.165, 1.54) is 5.70 Å². The lowest BCUT2D eigenvalue weighted by atomic mass is 10.2. The van der Waals surface area contributed by atoms with E-state index in [-0.39, 0.29) is 0 Å². The molecule has 1 aromatic rings. The molecule has 1 atom stereocenters. The average molecular weight is 225 g/mol. The third-order valence-electron chi connectivity index (χ3n) is 3.19. The third-order valence-corrected chi connectivity index (χ3v) is 3.19. The van der Waals surface area contributed by atoms with E-state index in [0.717, 1.165) is 31.7 Å². The molecule has 17 heavy (non-hydrogen) atoms. The second kappa shape index (κ2) is 4.60. The lowest BCUT2D eigenvalue weighted by molar-refractivity contribution is 0.289. The fraction of sp³-hybridized carbons (Fsp3) is 0.357. The largest absolute Gasteiger partial charge is 0.359 e. The monoisotopic (exact) mass is 225 g/mol. The molecule has 0 aromatic carbocycles. The summed E-state index contributed by atoms with van der Waals surface area (Å²) < 4.78 is 0. The van der Waals surface area contributed by atoms with Crippen LogP contribution < -0.4 is 5.32 Å². The Labute approximate surface area is 102 Å². The highest BCUT2D eigenvalue weighted by Crippen LogP contribution is 2.22. The summed E-state index contributed by atoms with van der Waals surface area (Å²) in [5.41, 5.74) is 2.26. The van der Waals surface area contributed by atoms with Gasteiger partial charge in [-0.05, 0) is 24.5 Å². The molecular weight excluding hydrogens is 210 g/mol. The Morgan fingerprint density at radius 2 is 2.41 bits per heavy atom. The van der Waals surface area contributed by atoms with Crippen LogP contribution in [0, 0.1) is 11.8 Å². The summed E-state index contributed by atoms with van der Waals surface area (Å²) in [7, 11) is 0. The molecule has 0 unspecified atom stereocenters. The first-order valence-corrected chi connectivity index (χ1v) is 6.02. The third kappa shape index (κ3) is 2.17. The predicted octanol–water partition coefficient (Wildman–Crippen LogP) is 0.994.